The van der Waals surface area contributed by atoms with E-state index in [9.17, 15) is 10.1 Å². The molecule has 3 nitrogen and oxygen atoms in total. The molecule has 1 amide bonds. The van der Waals surface area contributed by atoms with Crippen molar-refractivity contribution >= 4 is 23.2 Å². The fourth-order valence-corrected chi connectivity index (χ4v) is 3.44. The van der Waals surface area contributed by atoms with Gasteiger partial charge in [-0.15, -0.1) is 0 Å². The first-order chi connectivity index (χ1) is 11.6. The summed E-state index contributed by atoms with van der Waals surface area (Å²) in [6.07, 6.45) is 4.36. The van der Waals surface area contributed by atoms with Gasteiger partial charge >= 0.3 is 0 Å². The van der Waals surface area contributed by atoms with Crippen LogP contribution < -0.4 is 5.32 Å². The van der Waals surface area contributed by atoms with Crippen LogP contribution in [0.2, 0.25) is 5.02 Å². The molecular weight excluding hydrogens is 320 g/mol. The lowest BCUT2D eigenvalue weighted by Crippen LogP contribution is -2.19. The van der Waals surface area contributed by atoms with Crippen molar-refractivity contribution in [2.75, 3.05) is 5.32 Å². The lowest BCUT2D eigenvalue weighted by Gasteiger charge is -2.21. The van der Waals surface area contributed by atoms with Crippen molar-refractivity contribution in [3.05, 3.63) is 64.7 Å². The van der Waals surface area contributed by atoms with Crippen molar-refractivity contribution in [3.63, 3.8) is 0 Å². The molecule has 0 heterocycles. The number of anilines is 1. The van der Waals surface area contributed by atoms with Gasteiger partial charge in [-0.3, -0.25) is 4.79 Å². The van der Waals surface area contributed by atoms with Gasteiger partial charge in [0.15, 0.2) is 0 Å². The molecule has 122 valence electrons. The molecule has 1 saturated carbocycles. The first-order valence-corrected chi connectivity index (χ1v) is 8.55. The summed E-state index contributed by atoms with van der Waals surface area (Å²) >= 11 is 5.85. The quantitative estimate of drug-likeness (QED) is 0.865. The minimum Gasteiger partial charge on any atom is -0.326 e. The predicted octanol–water partition coefficient (Wildman–Crippen LogP) is 4.86. The van der Waals surface area contributed by atoms with Crippen LogP contribution in [-0.2, 0) is 16.6 Å². The number of carbonyl (C=O) groups excluding carboxylic acids is 1. The zero-order chi connectivity index (χ0) is 17.0. The highest BCUT2D eigenvalue weighted by Crippen LogP contribution is 2.40. The van der Waals surface area contributed by atoms with Crippen molar-refractivity contribution in [2.45, 2.75) is 37.5 Å². The van der Waals surface area contributed by atoms with Crippen LogP contribution in [0.1, 0.15) is 36.8 Å². The van der Waals surface area contributed by atoms with E-state index < -0.39 is 0 Å². The number of carbonyl (C=O) groups is 1. The highest BCUT2D eigenvalue weighted by Gasteiger charge is 2.35. The van der Waals surface area contributed by atoms with Crippen LogP contribution in [0.15, 0.2) is 48.5 Å². The number of amides is 1. The summed E-state index contributed by atoms with van der Waals surface area (Å²) in [6, 6.07) is 17.4. The van der Waals surface area contributed by atoms with E-state index in [0.717, 1.165) is 42.5 Å². The molecule has 2 aromatic carbocycles. The smallest absolute Gasteiger partial charge is 0.228 e. The number of nitriles is 1. The Balaban J connectivity index is 1.65. The molecule has 0 bridgehead atoms. The van der Waals surface area contributed by atoms with E-state index in [1.807, 2.05) is 36.4 Å². The molecule has 0 aliphatic heterocycles. The number of halogens is 1. The third kappa shape index (κ3) is 3.60. The Morgan fingerprint density at radius 2 is 1.71 bits per heavy atom. The summed E-state index contributed by atoms with van der Waals surface area (Å²) in [5.41, 5.74) is 2.39. The van der Waals surface area contributed by atoms with E-state index in [2.05, 4.69) is 11.4 Å². The normalized spacial score (nSPS) is 15.7. The SMILES string of the molecule is N#CC1(c2ccc(NC(=O)Cc3ccc(Cl)cc3)cc2)CCCC1. The third-order valence-corrected chi connectivity index (χ3v) is 4.92. The Hall–Kier alpha value is -2.31. The fourth-order valence-electron chi connectivity index (χ4n) is 3.31. The topological polar surface area (TPSA) is 52.9 Å². The summed E-state index contributed by atoms with van der Waals surface area (Å²) in [5.74, 6) is -0.0686. The van der Waals surface area contributed by atoms with Crippen LogP contribution in [0.25, 0.3) is 0 Å². The van der Waals surface area contributed by atoms with Crippen molar-refractivity contribution in [1.82, 2.24) is 0 Å². The maximum atomic E-state index is 12.1. The first kappa shape index (κ1) is 16.5. The van der Waals surface area contributed by atoms with Gasteiger partial charge in [0.1, 0.15) is 0 Å². The Kier molecular flexibility index (Phi) is 4.87. The van der Waals surface area contributed by atoms with Crippen LogP contribution in [-0.4, -0.2) is 5.91 Å². The summed E-state index contributed by atoms with van der Waals surface area (Å²) in [4.78, 5) is 12.1. The van der Waals surface area contributed by atoms with Crippen molar-refractivity contribution in [3.8, 4) is 6.07 Å². The molecule has 2 aromatic rings. The molecule has 0 saturated heterocycles. The number of nitrogens with one attached hydrogen (secondary N) is 1. The van der Waals surface area contributed by atoms with Crippen LogP contribution in [0.4, 0.5) is 5.69 Å². The van der Waals surface area contributed by atoms with E-state index in [0.29, 0.717) is 11.4 Å². The number of hydrogen-bond donors (Lipinski definition) is 1. The summed E-state index contributed by atoms with van der Waals surface area (Å²) in [6.45, 7) is 0. The maximum absolute atomic E-state index is 12.1. The molecule has 0 radical (unpaired) electrons. The standard InChI is InChI=1S/C20H19ClN2O/c21-17-7-3-15(4-8-17)13-19(24)23-18-9-5-16(6-10-18)20(14-22)11-1-2-12-20/h3-10H,1-2,11-13H2,(H,23,24). The van der Waals surface area contributed by atoms with Crippen molar-refractivity contribution < 1.29 is 4.79 Å². The zero-order valence-corrected chi connectivity index (χ0v) is 14.1. The molecule has 3 rings (SSSR count). The van der Waals surface area contributed by atoms with E-state index >= 15 is 0 Å². The Morgan fingerprint density at radius 1 is 1.08 bits per heavy atom. The molecule has 1 fully saturated rings. The second-order valence-corrected chi connectivity index (χ2v) is 6.77. The highest BCUT2D eigenvalue weighted by atomic mass is 35.5. The van der Waals surface area contributed by atoms with Gasteiger partial charge in [0, 0.05) is 10.7 Å². The molecule has 1 aliphatic carbocycles. The lowest BCUT2D eigenvalue weighted by atomic mass is 9.80. The van der Waals surface area contributed by atoms with E-state index in [-0.39, 0.29) is 11.3 Å². The van der Waals surface area contributed by atoms with E-state index in [4.69, 9.17) is 11.6 Å². The average Bonchev–Trinajstić information content (AvgIpc) is 3.08. The average molecular weight is 339 g/mol. The van der Waals surface area contributed by atoms with Gasteiger partial charge in [-0.25, -0.2) is 0 Å². The van der Waals surface area contributed by atoms with Gasteiger partial charge in [0.2, 0.25) is 5.91 Å². The summed E-state index contributed by atoms with van der Waals surface area (Å²) in [5, 5.41) is 13.1. The summed E-state index contributed by atoms with van der Waals surface area (Å²) < 4.78 is 0. The molecule has 0 spiro atoms. The van der Waals surface area contributed by atoms with Crippen LogP contribution in [0.3, 0.4) is 0 Å². The van der Waals surface area contributed by atoms with E-state index in [1.165, 1.54) is 0 Å². The van der Waals surface area contributed by atoms with Gasteiger partial charge in [-0.1, -0.05) is 48.7 Å². The number of hydrogen-bond acceptors (Lipinski definition) is 2. The van der Waals surface area contributed by atoms with Gasteiger partial charge in [-0.05, 0) is 48.2 Å². The Labute approximate surface area is 147 Å². The minimum absolute atomic E-state index is 0.0686. The first-order valence-electron chi connectivity index (χ1n) is 8.17. The monoisotopic (exact) mass is 338 g/mol. The predicted molar refractivity (Wildman–Crippen MR) is 96.0 cm³/mol. The van der Waals surface area contributed by atoms with Gasteiger partial charge < -0.3 is 5.32 Å². The molecule has 24 heavy (non-hydrogen) atoms. The van der Waals surface area contributed by atoms with Crippen LogP contribution in [0, 0.1) is 11.3 Å². The third-order valence-electron chi connectivity index (χ3n) is 4.67. The number of rotatable bonds is 4. The molecule has 1 aliphatic rings. The van der Waals surface area contributed by atoms with Crippen LogP contribution in [0.5, 0.6) is 0 Å². The van der Waals surface area contributed by atoms with Crippen LogP contribution >= 0.6 is 11.6 Å². The molecule has 0 aromatic heterocycles. The molecule has 4 heteroatoms. The second-order valence-electron chi connectivity index (χ2n) is 6.33. The fraction of sp³-hybridized carbons (Fsp3) is 0.300. The second kappa shape index (κ2) is 7.07. The summed E-state index contributed by atoms with van der Waals surface area (Å²) in [7, 11) is 0. The molecule has 0 atom stereocenters. The number of nitrogens with zero attached hydrogens (tertiary/aromatic N) is 1. The van der Waals surface area contributed by atoms with E-state index in [1.54, 1.807) is 12.1 Å². The van der Waals surface area contributed by atoms with Crippen molar-refractivity contribution in [2.24, 2.45) is 0 Å². The van der Waals surface area contributed by atoms with Gasteiger partial charge in [0.25, 0.3) is 0 Å². The number of benzene rings is 2. The van der Waals surface area contributed by atoms with Gasteiger partial charge in [-0.2, -0.15) is 5.26 Å². The minimum atomic E-state index is -0.341. The van der Waals surface area contributed by atoms with Gasteiger partial charge in [0.05, 0.1) is 17.9 Å². The lowest BCUT2D eigenvalue weighted by molar-refractivity contribution is -0.115. The molecule has 0 unspecified atom stereocenters. The Bertz CT molecular complexity index is 754. The van der Waals surface area contributed by atoms with Crippen molar-refractivity contribution in [1.29, 1.82) is 5.26 Å². The molecule has 1 N–H and O–H groups in total. The maximum Gasteiger partial charge on any atom is 0.228 e. The largest absolute Gasteiger partial charge is 0.326 e. The zero-order valence-electron chi connectivity index (χ0n) is 13.4. The highest BCUT2D eigenvalue weighted by molar-refractivity contribution is 6.30. The Morgan fingerprint density at radius 3 is 2.29 bits per heavy atom. The molecular formula is C20H19ClN2O.